The lowest BCUT2D eigenvalue weighted by Gasteiger charge is -2.09. The molecule has 3 aromatic rings. The predicted octanol–water partition coefficient (Wildman–Crippen LogP) is 3.94. The summed E-state index contributed by atoms with van der Waals surface area (Å²) < 4.78 is 5.22. The first-order chi connectivity index (χ1) is 11.3. The number of hydrogen-bond acceptors (Lipinski definition) is 5. The summed E-state index contributed by atoms with van der Waals surface area (Å²) in [5.74, 6) is 1.33. The molecule has 0 bridgehead atoms. The third-order valence-corrected chi connectivity index (χ3v) is 3.43. The summed E-state index contributed by atoms with van der Waals surface area (Å²) in [6, 6.07) is 17.6. The molecule has 5 heteroatoms. The van der Waals surface area contributed by atoms with Crippen molar-refractivity contribution in [1.82, 2.24) is 9.97 Å². The van der Waals surface area contributed by atoms with E-state index >= 15 is 0 Å². The molecule has 0 saturated heterocycles. The first-order valence-electron chi connectivity index (χ1n) is 7.31. The van der Waals surface area contributed by atoms with E-state index in [1.807, 2.05) is 55.6 Å². The molecular formula is C18H18N4O. The normalized spacial score (nSPS) is 10.2. The number of ether oxygens (including phenoxy) is 1. The van der Waals surface area contributed by atoms with Crippen LogP contribution < -0.4 is 15.4 Å². The standard InChI is InChI=1S/C18H18N4O/c1-19-14-6-3-5-13(11-14)17-9-10-20-18(22-17)21-15-7-4-8-16(12-15)23-2/h3-12,19H,1-2H3,(H,20,21,22). The summed E-state index contributed by atoms with van der Waals surface area (Å²) in [5, 5.41) is 6.33. The van der Waals surface area contributed by atoms with Crippen molar-refractivity contribution in [3.05, 3.63) is 60.8 Å². The molecule has 0 atom stereocenters. The molecule has 0 aliphatic heterocycles. The van der Waals surface area contributed by atoms with Gasteiger partial charge in [0.1, 0.15) is 5.75 Å². The van der Waals surface area contributed by atoms with Crippen LogP contribution in [-0.4, -0.2) is 24.1 Å². The molecular weight excluding hydrogens is 288 g/mol. The van der Waals surface area contributed by atoms with Crippen molar-refractivity contribution in [1.29, 1.82) is 0 Å². The van der Waals surface area contributed by atoms with Gasteiger partial charge in [0.05, 0.1) is 12.8 Å². The lowest BCUT2D eigenvalue weighted by molar-refractivity contribution is 0.415. The molecule has 23 heavy (non-hydrogen) atoms. The minimum absolute atomic E-state index is 0.547. The largest absolute Gasteiger partial charge is 0.497 e. The van der Waals surface area contributed by atoms with Crippen molar-refractivity contribution in [3.63, 3.8) is 0 Å². The predicted molar refractivity (Wildman–Crippen MR) is 93.3 cm³/mol. The van der Waals surface area contributed by atoms with Crippen molar-refractivity contribution >= 4 is 17.3 Å². The third-order valence-electron chi connectivity index (χ3n) is 3.43. The van der Waals surface area contributed by atoms with Crippen LogP contribution in [0.2, 0.25) is 0 Å². The average Bonchev–Trinajstić information content (AvgIpc) is 2.62. The Balaban J connectivity index is 1.87. The van der Waals surface area contributed by atoms with E-state index in [-0.39, 0.29) is 0 Å². The van der Waals surface area contributed by atoms with Gasteiger partial charge in [0.25, 0.3) is 0 Å². The van der Waals surface area contributed by atoms with Gasteiger partial charge in [-0.05, 0) is 30.3 Å². The molecule has 0 fully saturated rings. The molecule has 116 valence electrons. The third kappa shape index (κ3) is 3.58. The second-order valence-electron chi connectivity index (χ2n) is 4.95. The van der Waals surface area contributed by atoms with E-state index in [0.717, 1.165) is 28.4 Å². The lowest BCUT2D eigenvalue weighted by Crippen LogP contribution is -1.98. The van der Waals surface area contributed by atoms with Gasteiger partial charge in [-0.15, -0.1) is 0 Å². The van der Waals surface area contributed by atoms with Gasteiger partial charge in [-0.3, -0.25) is 0 Å². The van der Waals surface area contributed by atoms with Crippen LogP contribution >= 0.6 is 0 Å². The number of anilines is 3. The van der Waals surface area contributed by atoms with Crippen LogP contribution in [-0.2, 0) is 0 Å². The maximum atomic E-state index is 5.22. The number of aromatic nitrogens is 2. The van der Waals surface area contributed by atoms with Gasteiger partial charge in [0.2, 0.25) is 5.95 Å². The number of nitrogens with zero attached hydrogens (tertiary/aromatic N) is 2. The Morgan fingerprint density at radius 2 is 1.78 bits per heavy atom. The highest BCUT2D eigenvalue weighted by molar-refractivity contribution is 5.66. The van der Waals surface area contributed by atoms with Crippen LogP contribution in [0.15, 0.2) is 60.8 Å². The molecule has 0 aliphatic rings. The molecule has 2 aromatic carbocycles. The maximum Gasteiger partial charge on any atom is 0.227 e. The molecule has 3 rings (SSSR count). The minimum Gasteiger partial charge on any atom is -0.497 e. The van der Waals surface area contributed by atoms with Crippen LogP contribution in [0.25, 0.3) is 11.3 Å². The lowest BCUT2D eigenvalue weighted by atomic mass is 10.1. The molecule has 1 aromatic heterocycles. The Labute approximate surface area is 135 Å². The number of methoxy groups -OCH3 is 1. The van der Waals surface area contributed by atoms with Crippen LogP contribution in [0.4, 0.5) is 17.3 Å². The fourth-order valence-electron chi connectivity index (χ4n) is 2.24. The fourth-order valence-corrected chi connectivity index (χ4v) is 2.24. The highest BCUT2D eigenvalue weighted by atomic mass is 16.5. The molecule has 0 spiro atoms. The highest BCUT2D eigenvalue weighted by Crippen LogP contribution is 2.23. The molecule has 5 nitrogen and oxygen atoms in total. The topological polar surface area (TPSA) is 59.1 Å². The zero-order valence-corrected chi connectivity index (χ0v) is 13.1. The van der Waals surface area contributed by atoms with E-state index < -0.39 is 0 Å². The van der Waals surface area contributed by atoms with E-state index in [1.54, 1.807) is 13.3 Å². The van der Waals surface area contributed by atoms with Gasteiger partial charge >= 0.3 is 0 Å². The molecule has 0 amide bonds. The average molecular weight is 306 g/mol. The summed E-state index contributed by atoms with van der Waals surface area (Å²) in [6.07, 6.45) is 1.75. The minimum atomic E-state index is 0.547. The van der Waals surface area contributed by atoms with Crippen molar-refractivity contribution in [2.45, 2.75) is 0 Å². The Bertz CT molecular complexity index is 804. The molecule has 0 unspecified atom stereocenters. The smallest absolute Gasteiger partial charge is 0.227 e. The number of hydrogen-bond donors (Lipinski definition) is 2. The molecule has 0 saturated carbocycles. The molecule has 0 aliphatic carbocycles. The van der Waals surface area contributed by atoms with Crippen molar-refractivity contribution in [2.24, 2.45) is 0 Å². The monoisotopic (exact) mass is 306 g/mol. The Hall–Kier alpha value is -3.08. The van der Waals surface area contributed by atoms with E-state index in [9.17, 15) is 0 Å². The first kappa shape index (κ1) is 14.8. The van der Waals surface area contributed by atoms with Crippen molar-refractivity contribution in [2.75, 3.05) is 24.8 Å². The number of nitrogens with one attached hydrogen (secondary N) is 2. The highest BCUT2D eigenvalue weighted by Gasteiger charge is 2.04. The zero-order valence-electron chi connectivity index (χ0n) is 13.1. The molecule has 0 radical (unpaired) electrons. The van der Waals surface area contributed by atoms with E-state index in [2.05, 4.69) is 26.7 Å². The second-order valence-corrected chi connectivity index (χ2v) is 4.95. The molecule has 2 N–H and O–H groups in total. The Morgan fingerprint density at radius 1 is 0.957 bits per heavy atom. The van der Waals surface area contributed by atoms with Crippen LogP contribution in [0.3, 0.4) is 0 Å². The summed E-state index contributed by atoms with van der Waals surface area (Å²) in [7, 11) is 3.54. The summed E-state index contributed by atoms with van der Waals surface area (Å²) in [6.45, 7) is 0. The van der Waals surface area contributed by atoms with Crippen LogP contribution in [0.1, 0.15) is 0 Å². The van der Waals surface area contributed by atoms with Crippen LogP contribution in [0, 0.1) is 0 Å². The second kappa shape index (κ2) is 6.79. The van der Waals surface area contributed by atoms with Gasteiger partial charge in [0.15, 0.2) is 0 Å². The zero-order chi connectivity index (χ0) is 16.1. The van der Waals surface area contributed by atoms with Gasteiger partial charge in [-0.2, -0.15) is 0 Å². The molecule has 1 heterocycles. The number of rotatable bonds is 5. The van der Waals surface area contributed by atoms with E-state index in [4.69, 9.17) is 4.74 Å². The maximum absolute atomic E-state index is 5.22. The van der Waals surface area contributed by atoms with Crippen LogP contribution in [0.5, 0.6) is 5.75 Å². The van der Waals surface area contributed by atoms with Gasteiger partial charge in [0, 0.05) is 36.2 Å². The fraction of sp³-hybridized carbons (Fsp3) is 0.111. The Morgan fingerprint density at radius 3 is 2.61 bits per heavy atom. The summed E-state index contributed by atoms with van der Waals surface area (Å²) >= 11 is 0. The SMILES string of the molecule is CNc1cccc(-c2ccnc(Nc3cccc(OC)c3)n2)c1. The quantitative estimate of drug-likeness (QED) is 0.747. The summed E-state index contributed by atoms with van der Waals surface area (Å²) in [4.78, 5) is 8.86. The van der Waals surface area contributed by atoms with E-state index in [1.165, 1.54) is 0 Å². The van der Waals surface area contributed by atoms with Crippen molar-refractivity contribution in [3.8, 4) is 17.0 Å². The Kier molecular flexibility index (Phi) is 4.38. The first-order valence-corrected chi connectivity index (χ1v) is 7.31. The van der Waals surface area contributed by atoms with Crippen molar-refractivity contribution < 1.29 is 4.74 Å². The van der Waals surface area contributed by atoms with E-state index in [0.29, 0.717) is 5.95 Å². The summed E-state index contributed by atoms with van der Waals surface area (Å²) in [5.41, 5.74) is 3.82. The number of benzene rings is 2. The van der Waals surface area contributed by atoms with Gasteiger partial charge in [-0.25, -0.2) is 9.97 Å². The van der Waals surface area contributed by atoms with Gasteiger partial charge < -0.3 is 15.4 Å². The van der Waals surface area contributed by atoms with Gasteiger partial charge in [-0.1, -0.05) is 18.2 Å².